The fourth-order valence-electron chi connectivity index (χ4n) is 10.8. The molecule has 0 saturated carbocycles. The van der Waals surface area contributed by atoms with Crippen LogP contribution in [0.3, 0.4) is 0 Å². The SMILES string of the molecule is CCOC(=O)C(=O)CC(C)=O.CCOC(=O)c1cc(C)n(-c2ncccn2)n1.CCOC(=O)c1cc(C)nn1-c1ncccn1.Cc1cc(C(=O)N[C@H](C=O)Cc2ccccc2)n(-c2ncccn2)n1.Cc1cc(C(=O)N[C@H](CO)Cc2ccccc2)n(-c2ncccn2)n1.Cc1cc(C(=O)O)n(-c2ncccn2)n1.NNc1ncccn1.N[C@H](CO)Cc1ccccc1.O.[Li+].[OH-]. The number of carbonyl (C=O) groups excluding carboxylic acids is 8. The summed E-state index contributed by atoms with van der Waals surface area (Å²) in [6.07, 6.45) is 21.1. The molecule has 0 fully saturated rings. The van der Waals surface area contributed by atoms with Crippen LogP contribution < -0.4 is 46.5 Å². The quantitative estimate of drug-likeness (QED) is 0.00509. The number of nitrogens with zero attached hydrogens (tertiary/aromatic N) is 22. The molecule has 2 amide bonds. The smallest absolute Gasteiger partial charge is 0.870 e. The number of hydrazine groups is 1. The number of nitrogens with one attached hydrogen (secondary N) is 3. The van der Waals surface area contributed by atoms with Crippen LogP contribution in [0.1, 0.15) is 132 Å². The third-order valence-electron chi connectivity index (χ3n) is 16.4. The van der Waals surface area contributed by atoms with Gasteiger partial charge in [0.15, 0.2) is 17.1 Å². The number of hydrogen-bond acceptors (Lipinski definition) is 35. The third kappa shape index (κ3) is 36.1. The number of carboxylic acid groups (broad SMARTS) is 1. The van der Waals surface area contributed by atoms with Gasteiger partial charge in [0.25, 0.3) is 41.6 Å². The maximum Gasteiger partial charge on any atom is 1.00 e. The zero-order valence-corrected chi connectivity index (χ0v) is 73.8. The van der Waals surface area contributed by atoms with Crippen molar-refractivity contribution >= 4 is 59.5 Å². The Morgan fingerprint density at radius 3 is 1.13 bits per heavy atom. The maximum atomic E-state index is 12.7. The minimum absolute atomic E-state index is 0. The molecule has 14 rings (SSSR count). The van der Waals surface area contributed by atoms with Gasteiger partial charge in [0.1, 0.15) is 23.5 Å². The molecule has 0 aliphatic heterocycles. The summed E-state index contributed by atoms with van der Waals surface area (Å²) in [5.74, 6) is 2.38. The number of ketones is 2. The van der Waals surface area contributed by atoms with Crippen molar-refractivity contribution in [3.63, 3.8) is 0 Å². The Morgan fingerprint density at radius 2 is 0.773 bits per heavy atom. The van der Waals surface area contributed by atoms with Crippen molar-refractivity contribution in [2.24, 2.45) is 11.6 Å². The average Bonchev–Trinajstić information content (AvgIpc) is 1.47. The number of anilines is 1. The van der Waals surface area contributed by atoms with E-state index in [0.29, 0.717) is 90.0 Å². The second-order valence-corrected chi connectivity index (χ2v) is 26.7. The molecule has 0 aliphatic carbocycles. The first kappa shape index (κ1) is 109. The predicted octanol–water partition coefficient (Wildman–Crippen LogP) is 2.19. The van der Waals surface area contributed by atoms with Gasteiger partial charge in [0, 0.05) is 86.1 Å². The number of aliphatic hydroxyl groups excluding tert-OH is 2. The molecule has 0 bridgehead atoms. The number of benzene rings is 3. The van der Waals surface area contributed by atoms with Gasteiger partial charge in [-0.15, -0.1) is 0 Å². The van der Waals surface area contributed by atoms with E-state index >= 15 is 0 Å². The van der Waals surface area contributed by atoms with Crippen molar-refractivity contribution < 1.29 is 102 Å². The van der Waals surface area contributed by atoms with Crippen molar-refractivity contribution in [1.82, 2.24) is 119 Å². The number of esters is 3. The Kier molecular flexibility index (Phi) is 48.1. The molecule has 13 N–H and O–H groups in total. The van der Waals surface area contributed by atoms with Crippen molar-refractivity contribution in [3.05, 3.63) is 306 Å². The minimum atomic E-state index is -1.05. The molecule has 45 heteroatoms. The molecule has 44 nitrogen and oxygen atoms in total. The second kappa shape index (κ2) is 58.5. The van der Waals surface area contributed by atoms with Crippen LogP contribution in [0.5, 0.6) is 0 Å². The Balaban J connectivity index is 0.000000322. The van der Waals surface area contributed by atoms with Crippen LogP contribution in [0.2, 0.25) is 0 Å². The second-order valence-electron chi connectivity index (χ2n) is 26.7. The summed E-state index contributed by atoms with van der Waals surface area (Å²) >= 11 is 0. The first-order valence-electron chi connectivity index (χ1n) is 39.7. The topological polar surface area (TPSA) is 635 Å². The molecule has 686 valence electrons. The number of aromatic carboxylic acids is 1. The summed E-state index contributed by atoms with van der Waals surface area (Å²) in [6, 6.07) is 46.2. The van der Waals surface area contributed by atoms with E-state index in [0.717, 1.165) is 29.5 Å². The fraction of sp³-hybridized carbons (Fsp3) is 0.241. The van der Waals surface area contributed by atoms with Crippen LogP contribution in [0.15, 0.2) is 232 Å². The summed E-state index contributed by atoms with van der Waals surface area (Å²) in [6.45, 7) is 15.9. The standard InChI is InChI=1S/C18H19N5O2.C18H17N5O2.2C11H12N4O2.C9H8N4O2.C9H13NO.C7H10O4.C4H6N4.Li.2H2O/c2*1-13-10-16(23(22-13)18-19-8-5-9-20-18)17(25)21-15(12-24)11-14-6-3-2-4-7-14;1-3-17-10(16)9-7-8(2)15(14-9)11-12-5-4-6-13-11;1-3-17-10(16)9-7-8(2)14-15(9)11-12-5-4-6-13-11;1-6-5-7(8(14)15)13(12-6)9-10-3-2-4-11-9;10-9(7-11)6-8-4-2-1-3-5-8;1-3-11-7(10)6(9)4-5(2)8;5-8-4-6-2-1-3-7-4;;;/h2-10,15,24H,11-12H2,1H3,(H,21,25);2-10,12,15H,11H2,1H3,(H,21,25);2*4-7H,3H2,1-2H3;2-5H,1H3,(H,14,15);1-5,9,11H,6-7,10H2;3-4H2,1-2H3;1-3H,5H2,(H,6,7,8);;2*1H2/q;;;;;;;;+1;;/p-1/t2*15-;;;;9-;;;;;/m00...0...../s1. The molecule has 0 spiro atoms. The largest absolute Gasteiger partial charge is 1.00 e. The summed E-state index contributed by atoms with van der Waals surface area (Å²) < 4.78 is 21.1. The third-order valence-corrected chi connectivity index (χ3v) is 16.4. The summed E-state index contributed by atoms with van der Waals surface area (Å²) in [4.78, 5) is 150. The zero-order valence-electron chi connectivity index (χ0n) is 73.8. The molecule has 3 aromatic carbocycles. The molecule has 0 unspecified atom stereocenters. The molecular weight excluding hydrogens is 1700 g/mol. The summed E-state index contributed by atoms with van der Waals surface area (Å²) in [5, 5.41) is 53.6. The summed E-state index contributed by atoms with van der Waals surface area (Å²) in [5.41, 5.74) is 15.7. The monoisotopic (exact) mass is 1800 g/mol. The molecule has 3 atom stereocenters. The van der Waals surface area contributed by atoms with E-state index in [-0.39, 0.29) is 96.8 Å². The summed E-state index contributed by atoms with van der Waals surface area (Å²) in [7, 11) is 0. The van der Waals surface area contributed by atoms with Gasteiger partial charge in [-0.1, -0.05) is 91.0 Å². The van der Waals surface area contributed by atoms with Gasteiger partial charge in [-0.3, -0.25) is 24.6 Å². The van der Waals surface area contributed by atoms with Crippen LogP contribution >= 0.6 is 0 Å². The number of nitrogen functional groups attached to an aromatic ring is 1. The van der Waals surface area contributed by atoms with Crippen LogP contribution in [0.25, 0.3) is 29.7 Å². The molecule has 0 radical (unpaired) electrons. The Labute approximate surface area is 769 Å². The number of hydrogen-bond donors (Lipinski definition) is 8. The number of aryl methyl sites for hydroxylation is 5. The van der Waals surface area contributed by atoms with E-state index in [9.17, 15) is 48.3 Å². The van der Waals surface area contributed by atoms with Gasteiger partial charge >= 0.3 is 42.7 Å². The van der Waals surface area contributed by atoms with E-state index in [1.54, 1.807) is 171 Å². The number of nitrogens with two attached hydrogens (primary N) is 2. The maximum absolute atomic E-state index is 12.7. The van der Waals surface area contributed by atoms with Crippen molar-refractivity contribution in [3.8, 4) is 29.7 Å². The first-order valence-corrected chi connectivity index (χ1v) is 39.7. The van der Waals surface area contributed by atoms with Crippen molar-refractivity contribution in [1.29, 1.82) is 0 Å². The fourth-order valence-corrected chi connectivity index (χ4v) is 10.8. The van der Waals surface area contributed by atoms with Gasteiger partial charge in [-0.05, 0) is 165 Å². The van der Waals surface area contributed by atoms with E-state index < -0.39 is 47.7 Å². The Morgan fingerprint density at radius 1 is 0.432 bits per heavy atom. The van der Waals surface area contributed by atoms with E-state index in [1.807, 2.05) is 97.9 Å². The first-order chi connectivity index (χ1) is 62.3. The normalized spacial score (nSPS) is 10.6. The number of amides is 2. The molecule has 11 aromatic heterocycles. The molecule has 132 heavy (non-hydrogen) atoms. The van der Waals surface area contributed by atoms with Crippen LogP contribution in [0, 0.1) is 34.6 Å². The zero-order chi connectivity index (χ0) is 93.4. The van der Waals surface area contributed by atoms with E-state index in [4.69, 9.17) is 31.3 Å². The Hall–Kier alpha value is -15.8. The van der Waals surface area contributed by atoms with Gasteiger partial charge in [-0.2, -0.15) is 44.2 Å². The number of aliphatic hydroxyl groups is 2. The molecular formula is C87H100LiN27O17. The molecule has 0 saturated heterocycles. The van der Waals surface area contributed by atoms with Crippen molar-refractivity contribution in [2.45, 2.75) is 106 Å². The minimum Gasteiger partial charge on any atom is -0.870 e. The molecule has 14 aromatic rings. The number of aromatic nitrogens is 22. The average molecular weight is 1800 g/mol. The van der Waals surface area contributed by atoms with Gasteiger partial charge in [0.05, 0.1) is 74.3 Å². The van der Waals surface area contributed by atoms with E-state index in [2.05, 4.69) is 106 Å². The molecule has 11 heterocycles. The van der Waals surface area contributed by atoms with Crippen LogP contribution in [-0.4, -0.2) is 240 Å². The van der Waals surface area contributed by atoms with Crippen molar-refractivity contribution in [2.75, 3.05) is 38.5 Å². The number of rotatable bonds is 28. The van der Waals surface area contributed by atoms with E-state index in [1.165, 1.54) is 54.4 Å². The van der Waals surface area contributed by atoms with Crippen LogP contribution in [-0.2, 0) is 52.7 Å². The van der Waals surface area contributed by atoms with Gasteiger partial charge in [-0.25, -0.2) is 89.5 Å². The number of carboxylic acids is 1. The van der Waals surface area contributed by atoms with Crippen LogP contribution in [0.4, 0.5) is 5.95 Å². The number of aldehydes is 1. The Bertz CT molecular complexity index is 5800. The number of carbonyl (C=O) groups is 9. The predicted molar refractivity (Wildman–Crippen MR) is 472 cm³/mol. The van der Waals surface area contributed by atoms with Gasteiger partial charge < -0.3 is 61.6 Å². The molecule has 0 aliphatic rings. The number of ether oxygens (including phenoxy) is 3. The van der Waals surface area contributed by atoms with Gasteiger partial charge in [0.2, 0.25) is 11.7 Å². The number of Topliss-reactive ketones (excluding diaryl/α,β-unsaturated/α-hetero) is 2.